The van der Waals surface area contributed by atoms with E-state index in [0.29, 0.717) is 5.92 Å². The summed E-state index contributed by atoms with van der Waals surface area (Å²) in [6.07, 6.45) is 2.79. The monoisotopic (exact) mass is 200 g/mol. The van der Waals surface area contributed by atoms with E-state index in [2.05, 4.69) is 20.8 Å². The summed E-state index contributed by atoms with van der Waals surface area (Å²) in [5.74, 6) is 0.586. The first-order valence-electron chi connectivity index (χ1n) is 5.33. The van der Waals surface area contributed by atoms with Crippen molar-refractivity contribution >= 4 is 6.16 Å². The van der Waals surface area contributed by atoms with Crippen molar-refractivity contribution in [1.29, 1.82) is 0 Å². The van der Waals surface area contributed by atoms with Crippen LogP contribution in [-0.2, 0) is 4.74 Å². The van der Waals surface area contributed by atoms with Crippen LogP contribution in [0.5, 0.6) is 0 Å². The van der Waals surface area contributed by atoms with Gasteiger partial charge in [-0.05, 0) is 37.0 Å². The van der Waals surface area contributed by atoms with E-state index in [4.69, 9.17) is 9.84 Å². The zero-order valence-electron chi connectivity index (χ0n) is 9.25. The lowest BCUT2D eigenvalue weighted by molar-refractivity contribution is -0.00855. The van der Waals surface area contributed by atoms with Gasteiger partial charge in [0.1, 0.15) is 6.10 Å². The third kappa shape index (κ3) is 2.63. The number of hydrogen-bond acceptors (Lipinski definition) is 2. The van der Waals surface area contributed by atoms with Crippen molar-refractivity contribution in [3.63, 3.8) is 0 Å². The van der Waals surface area contributed by atoms with Crippen molar-refractivity contribution in [1.82, 2.24) is 0 Å². The zero-order chi connectivity index (χ0) is 10.8. The number of ether oxygens (including phenoxy) is 1. The highest BCUT2D eigenvalue weighted by Crippen LogP contribution is 2.42. The van der Waals surface area contributed by atoms with Crippen LogP contribution in [0, 0.1) is 11.3 Å². The maximum absolute atomic E-state index is 10.4. The molecule has 1 fully saturated rings. The molecule has 2 unspecified atom stereocenters. The van der Waals surface area contributed by atoms with Crippen LogP contribution in [0.25, 0.3) is 0 Å². The maximum Gasteiger partial charge on any atom is 0.506 e. The van der Waals surface area contributed by atoms with Gasteiger partial charge in [-0.2, -0.15) is 0 Å². The van der Waals surface area contributed by atoms with Crippen LogP contribution in [0.1, 0.15) is 46.5 Å². The Morgan fingerprint density at radius 3 is 2.71 bits per heavy atom. The predicted octanol–water partition coefficient (Wildman–Crippen LogP) is 3.29. The fourth-order valence-corrected chi connectivity index (χ4v) is 2.23. The lowest BCUT2D eigenvalue weighted by atomic mass is 9.67. The molecule has 1 N–H and O–H groups in total. The molecule has 0 aromatic carbocycles. The Morgan fingerprint density at radius 2 is 2.21 bits per heavy atom. The third-order valence-electron chi connectivity index (χ3n) is 3.63. The molecular weight excluding hydrogens is 180 g/mol. The maximum atomic E-state index is 10.4. The number of carbonyl (C=O) groups is 1. The number of carboxylic acid groups (broad SMARTS) is 1. The highest BCUT2D eigenvalue weighted by molar-refractivity contribution is 5.57. The molecule has 1 rings (SSSR count). The van der Waals surface area contributed by atoms with Crippen molar-refractivity contribution < 1.29 is 14.6 Å². The summed E-state index contributed by atoms with van der Waals surface area (Å²) in [7, 11) is 0. The van der Waals surface area contributed by atoms with Gasteiger partial charge in [0.25, 0.3) is 0 Å². The van der Waals surface area contributed by atoms with Crippen molar-refractivity contribution in [3.05, 3.63) is 0 Å². The Bertz CT molecular complexity index is 213. The number of rotatable bonds is 2. The fraction of sp³-hybridized carbons (Fsp3) is 0.909. The van der Waals surface area contributed by atoms with Gasteiger partial charge in [-0.3, -0.25) is 0 Å². The Hall–Kier alpha value is -0.730. The highest BCUT2D eigenvalue weighted by atomic mass is 16.7. The standard InChI is InChI=1S/C11H20O3/c1-8(2)11(3)6-4-5-9(7-11)14-10(12)13/h8-9H,4-7H2,1-3H3,(H,12,13). The molecular formula is C11H20O3. The second kappa shape index (κ2) is 4.20. The average Bonchev–Trinajstić information content (AvgIpc) is 2.02. The molecule has 14 heavy (non-hydrogen) atoms. The summed E-state index contributed by atoms with van der Waals surface area (Å²) in [5.41, 5.74) is 0.248. The lowest BCUT2D eigenvalue weighted by Crippen LogP contribution is -2.35. The molecule has 0 bridgehead atoms. The van der Waals surface area contributed by atoms with Gasteiger partial charge in [-0.25, -0.2) is 4.79 Å². The van der Waals surface area contributed by atoms with E-state index in [0.717, 1.165) is 19.3 Å². The van der Waals surface area contributed by atoms with E-state index >= 15 is 0 Å². The van der Waals surface area contributed by atoms with E-state index in [1.54, 1.807) is 0 Å². The molecule has 0 amide bonds. The van der Waals surface area contributed by atoms with Gasteiger partial charge in [0.05, 0.1) is 0 Å². The minimum Gasteiger partial charge on any atom is -0.450 e. The SMILES string of the molecule is CC(C)C1(C)CCCC(OC(=O)O)C1. The second-order valence-corrected chi connectivity index (χ2v) is 4.91. The van der Waals surface area contributed by atoms with Gasteiger partial charge in [0, 0.05) is 0 Å². The predicted molar refractivity (Wildman–Crippen MR) is 54.3 cm³/mol. The van der Waals surface area contributed by atoms with Gasteiger partial charge < -0.3 is 9.84 Å². The van der Waals surface area contributed by atoms with Crippen LogP contribution in [-0.4, -0.2) is 17.4 Å². The van der Waals surface area contributed by atoms with Crippen molar-refractivity contribution in [2.24, 2.45) is 11.3 Å². The molecule has 0 spiro atoms. The fourth-order valence-electron chi connectivity index (χ4n) is 2.23. The number of hydrogen-bond donors (Lipinski definition) is 1. The molecule has 0 heterocycles. The molecule has 0 saturated heterocycles. The van der Waals surface area contributed by atoms with Gasteiger partial charge >= 0.3 is 6.16 Å². The summed E-state index contributed by atoms with van der Waals surface area (Å²) in [6, 6.07) is 0. The molecule has 0 aromatic rings. The largest absolute Gasteiger partial charge is 0.506 e. The van der Waals surface area contributed by atoms with E-state index in [1.807, 2.05) is 0 Å². The highest BCUT2D eigenvalue weighted by Gasteiger charge is 2.36. The van der Waals surface area contributed by atoms with E-state index in [-0.39, 0.29) is 11.5 Å². The summed E-state index contributed by atoms with van der Waals surface area (Å²) in [4.78, 5) is 10.4. The van der Waals surface area contributed by atoms with Crippen LogP contribution >= 0.6 is 0 Å². The first kappa shape index (κ1) is 11.3. The van der Waals surface area contributed by atoms with Crippen LogP contribution in [0.4, 0.5) is 4.79 Å². The van der Waals surface area contributed by atoms with E-state index in [9.17, 15) is 4.79 Å². The summed E-state index contributed by atoms with van der Waals surface area (Å²) >= 11 is 0. The molecule has 0 aromatic heterocycles. The normalized spacial score (nSPS) is 33.0. The molecule has 0 aliphatic heterocycles. The van der Waals surface area contributed by atoms with Gasteiger partial charge in [0.15, 0.2) is 0 Å². The van der Waals surface area contributed by atoms with Gasteiger partial charge in [0.2, 0.25) is 0 Å². The van der Waals surface area contributed by atoms with Crippen LogP contribution < -0.4 is 0 Å². The summed E-state index contributed by atoms with van der Waals surface area (Å²) in [6.45, 7) is 6.63. The molecule has 3 heteroatoms. The Balaban J connectivity index is 2.55. The molecule has 1 aliphatic carbocycles. The summed E-state index contributed by atoms with van der Waals surface area (Å²) in [5, 5.41) is 8.55. The van der Waals surface area contributed by atoms with E-state index in [1.165, 1.54) is 6.42 Å². The topological polar surface area (TPSA) is 46.5 Å². The molecule has 1 aliphatic rings. The molecule has 1 saturated carbocycles. The van der Waals surface area contributed by atoms with Crippen LogP contribution in [0.15, 0.2) is 0 Å². The van der Waals surface area contributed by atoms with Crippen LogP contribution in [0.3, 0.4) is 0 Å². The van der Waals surface area contributed by atoms with Crippen molar-refractivity contribution in [2.75, 3.05) is 0 Å². The van der Waals surface area contributed by atoms with Gasteiger partial charge in [-0.1, -0.05) is 20.8 Å². The first-order valence-corrected chi connectivity index (χ1v) is 5.33. The molecule has 3 nitrogen and oxygen atoms in total. The van der Waals surface area contributed by atoms with E-state index < -0.39 is 6.16 Å². The summed E-state index contributed by atoms with van der Waals surface area (Å²) < 4.78 is 4.85. The quantitative estimate of drug-likeness (QED) is 0.696. The van der Waals surface area contributed by atoms with Gasteiger partial charge in [-0.15, -0.1) is 0 Å². The minimum absolute atomic E-state index is 0.0892. The first-order chi connectivity index (χ1) is 6.44. The Labute approximate surface area is 85.5 Å². The van der Waals surface area contributed by atoms with Crippen molar-refractivity contribution in [3.8, 4) is 0 Å². The zero-order valence-corrected chi connectivity index (χ0v) is 9.25. The lowest BCUT2D eigenvalue weighted by Gasteiger charge is -2.40. The van der Waals surface area contributed by atoms with Crippen molar-refractivity contribution in [2.45, 2.75) is 52.6 Å². The molecule has 2 atom stereocenters. The third-order valence-corrected chi connectivity index (χ3v) is 3.63. The molecule has 82 valence electrons. The second-order valence-electron chi connectivity index (χ2n) is 4.91. The van der Waals surface area contributed by atoms with Crippen LogP contribution in [0.2, 0.25) is 0 Å². The Morgan fingerprint density at radius 1 is 1.57 bits per heavy atom. The minimum atomic E-state index is -1.14. The molecule has 0 radical (unpaired) electrons. The Kier molecular flexibility index (Phi) is 3.40. The smallest absolute Gasteiger partial charge is 0.450 e. The average molecular weight is 200 g/mol.